The third-order valence-corrected chi connectivity index (χ3v) is 4.24. The van der Waals surface area contributed by atoms with Gasteiger partial charge in [-0.05, 0) is 57.8 Å². The largest absolute Gasteiger partial charge is 0.390 e. The van der Waals surface area contributed by atoms with Gasteiger partial charge in [-0.3, -0.25) is 0 Å². The molecule has 0 saturated heterocycles. The lowest BCUT2D eigenvalue weighted by molar-refractivity contribution is -0.0987. The smallest absolute Gasteiger partial charge is 0.0652 e. The van der Waals surface area contributed by atoms with Crippen LogP contribution in [0.25, 0.3) is 0 Å². The fourth-order valence-corrected chi connectivity index (χ4v) is 3.29. The minimum Gasteiger partial charge on any atom is -0.390 e. The van der Waals surface area contributed by atoms with Gasteiger partial charge < -0.3 is 10.2 Å². The Bertz CT molecular complexity index is 220. The Morgan fingerprint density at radius 1 is 1.19 bits per heavy atom. The molecule has 2 N–H and O–H groups in total. The number of hydrogen-bond acceptors (Lipinski definition) is 2. The molecule has 0 aliphatic heterocycles. The summed E-state index contributed by atoms with van der Waals surface area (Å²) in [6, 6.07) is 0. The highest BCUT2D eigenvalue weighted by atomic mass is 16.3. The molecule has 2 nitrogen and oxygen atoms in total. The SMILES string of the molecule is CC(C)(O)CCC1C(C)(C)CCC[C@]1(C)O. The van der Waals surface area contributed by atoms with Crippen molar-refractivity contribution in [2.75, 3.05) is 0 Å². The van der Waals surface area contributed by atoms with Gasteiger partial charge in [-0.25, -0.2) is 0 Å². The van der Waals surface area contributed by atoms with Crippen LogP contribution in [0, 0.1) is 11.3 Å². The predicted octanol–water partition coefficient (Wildman–Crippen LogP) is 3.11. The van der Waals surface area contributed by atoms with Crippen LogP contribution in [0.2, 0.25) is 0 Å². The second-order valence-corrected chi connectivity index (χ2v) is 7.10. The highest BCUT2D eigenvalue weighted by Gasteiger charge is 2.45. The predicted molar refractivity (Wildman–Crippen MR) is 67.3 cm³/mol. The van der Waals surface area contributed by atoms with Gasteiger partial charge in [0.05, 0.1) is 11.2 Å². The Kier molecular flexibility index (Phi) is 3.76. The van der Waals surface area contributed by atoms with Crippen molar-refractivity contribution in [1.82, 2.24) is 0 Å². The van der Waals surface area contributed by atoms with Crippen LogP contribution in [-0.4, -0.2) is 21.4 Å². The molecule has 0 aromatic rings. The van der Waals surface area contributed by atoms with Crippen LogP contribution in [0.5, 0.6) is 0 Å². The zero-order valence-electron chi connectivity index (χ0n) is 11.5. The molecule has 1 saturated carbocycles. The van der Waals surface area contributed by atoms with E-state index in [0.717, 1.165) is 25.7 Å². The third-order valence-electron chi connectivity index (χ3n) is 4.24. The summed E-state index contributed by atoms with van der Waals surface area (Å²) in [6.45, 7) is 10.1. The summed E-state index contributed by atoms with van der Waals surface area (Å²) in [4.78, 5) is 0. The van der Waals surface area contributed by atoms with E-state index in [-0.39, 0.29) is 5.41 Å². The molecule has 0 spiro atoms. The Hall–Kier alpha value is -0.0800. The van der Waals surface area contributed by atoms with Crippen molar-refractivity contribution in [2.45, 2.75) is 77.9 Å². The average molecular weight is 228 g/mol. The van der Waals surface area contributed by atoms with Crippen molar-refractivity contribution >= 4 is 0 Å². The molecule has 1 aliphatic rings. The first kappa shape index (κ1) is 14.0. The van der Waals surface area contributed by atoms with Crippen molar-refractivity contribution < 1.29 is 10.2 Å². The van der Waals surface area contributed by atoms with Gasteiger partial charge in [-0.1, -0.05) is 20.3 Å². The first-order valence-corrected chi connectivity index (χ1v) is 6.49. The van der Waals surface area contributed by atoms with Crippen LogP contribution in [0.15, 0.2) is 0 Å². The molecule has 0 bridgehead atoms. The van der Waals surface area contributed by atoms with Gasteiger partial charge >= 0.3 is 0 Å². The Morgan fingerprint density at radius 3 is 2.19 bits per heavy atom. The summed E-state index contributed by atoms with van der Waals surface area (Å²) in [5, 5.41) is 20.3. The molecule has 0 aromatic heterocycles. The van der Waals surface area contributed by atoms with Gasteiger partial charge in [0.25, 0.3) is 0 Å². The van der Waals surface area contributed by atoms with Crippen molar-refractivity contribution in [3.8, 4) is 0 Å². The summed E-state index contributed by atoms with van der Waals surface area (Å²) in [5.74, 6) is 0.292. The quantitative estimate of drug-likeness (QED) is 0.779. The molecular weight excluding hydrogens is 200 g/mol. The van der Waals surface area contributed by atoms with Gasteiger partial charge in [-0.15, -0.1) is 0 Å². The summed E-state index contributed by atoms with van der Waals surface area (Å²) >= 11 is 0. The standard InChI is InChI=1S/C14H28O2/c1-12(2)8-6-9-14(5,16)11(12)7-10-13(3,4)15/h11,15-16H,6-10H2,1-5H3/t11?,14-/m0/s1. The van der Waals surface area contributed by atoms with Gasteiger partial charge in [0.1, 0.15) is 0 Å². The molecule has 0 radical (unpaired) electrons. The topological polar surface area (TPSA) is 40.5 Å². The van der Waals surface area contributed by atoms with Crippen molar-refractivity contribution in [3.05, 3.63) is 0 Å². The molecule has 1 aliphatic carbocycles. The molecular formula is C14H28O2. The summed E-state index contributed by atoms with van der Waals surface area (Å²) in [5.41, 5.74) is -0.996. The fourth-order valence-electron chi connectivity index (χ4n) is 3.29. The van der Waals surface area contributed by atoms with Crippen molar-refractivity contribution in [3.63, 3.8) is 0 Å². The molecule has 0 aromatic carbocycles. The van der Waals surface area contributed by atoms with E-state index in [9.17, 15) is 10.2 Å². The Labute approximate surface area is 100 Å². The number of rotatable bonds is 3. The fraction of sp³-hybridized carbons (Fsp3) is 1.00. The highest BCUT2D eigenvalue weighted by Crippen LogP contribution is 2.48. The van der Waals surface area contributed by atoms with Gasteiger partial charge in [0.2, 0.25) is 0 Å². The maximum absolute atomic E-state index is 10.5. The first-order valence-electron chi connectivity index (χ1n) is 6.49. The van der Waals surface area contributed by atoms with E-state index in [2.05, 4.69) is 13.8 Å². The molecule has 1 unspecified atom stereocenters. The van der Waals surface area contributed by atoms with Crippen LogP contribution in [0.1, 0.15) is 66.7 Å². The first-order chi connectivity index (χ1) is 7.05. The van der Waals surface area contributed by atoms with E-state index >= 15 is 0 Å². The Balaban J connectivity index is 2.72. The molecule has 1 fully saturated rings. The second kappa shape index (κ2) is 4.30. The Morgan fingerprint density at radius 2 is 1.75 bits per heavy atom. The van der Waals surface area contributed by atoms with Crippen LogP contribution in [-0.2, 0) is 0 Å². The summed E-state index contributed by atoms with van der Waals surface area (Å²) < 4.78 is 0. The van der Waals surface area contributed by atoms with Crippen LogP contribution in [0.4, 0.5) is 0 Å². The van der Waals surface area contributed by atoms with Crippen LogP contribution < -0.4 is 0 Å². The summed E-state index contributed by atoms with van der Waals surface area (Å²) in [6.07, 6.45) is 4.85. The molecule has 96 valence electrons. The van der Waals surface area contributed by atoms with Crippen molar-refractivity contribution in [1.29, 1.82) is 0 Å². The average Bonchev–Trinajstić information content (AvgIpc) is 1.97. The lowest BCUT2D eigenvalue weighted by atomic mass is 9.60. The third kappa shape index (κ3) is 3.46. The molecule has 2 heteroatoms. The highest BCUT2D eigenvalue weighted by molar-refractivity contribution is 4.96. The van der Waals surface area contributed by atoms with Crippen molar-refractivity contribution in [2.24, 2.45) is 11.3 Å². The lowest BCUT2D eigenvalue weighted by Gasteiger charge is -2.48. The minimum atomic E-state index is -0.621. The van der Waals surface area contributed by atoms with Crippen LogP contribution >= 0.6 is 0 Å². The van der Waals surface area contributed by atoms with E-state index < -0.39 is 11.2 Å². The summed E-state index contributed by atoms with van der Waals surface area (Å²) in [7, 11) is 0. The number of aliphatic hydroxyl groups is 2. The zero-order valence-corrected chi connectivity index (χ0v) is 11.5. The second-order valence-electron chi connectivity index (χ2n) is 7.10. The lowest BCUT2D eigenvalue weighted by Crippen LogP contribution is -2.47. The van der Waals surface area contributed by atoms with E-state index in [1.54, 1.807) is 0 Å². The maximum Gasteiger partial charge on any atom is 0.0652 e. The van der Waals surface area contributed by atoms with E-state index in [0.29, 0.717) is 5.92 Å². The molecule has 0 amide bonds. The van der Waals surface area contributed by atoms with E-state index in [1.807, 2.05) is 20.8 Å². The molecule has 2 atom stereocenters. The van der Waals surface area contributed by atoms with Gasteiger partial charge in [0, 0.05) is 0 Å². The normalized spacial score (nSPS) is 35.1. The van der Waals surface area contributed by atoms with E-state index in [4.69, 9.17) is 0 Å². The van der Waals surface area contributed by atoms with Gasteiger partial charge in [-0.2, -0.15) is 0 Å². The number of hydrogen-bond donors (Lipinski definition) is 2. The van der Waals surface area contributed by atoms with Crippen LogP contribution in [0.3, 0.4) is 0 Å². The van der Waals surface area contributed by atoms with E-state index in [1.165, 1.54) is 6.42 Å². The molecule has 0 heterocycles. The minimum absolute atomic E-state index is 0.188. The maximum atomic E-state index is 10.5. The van der Waals surface area contributed by atoms with Gasteiger partial charge in [0.15, 0.2) is 0 Å². The molecule has 16 heavy (non-hydrogen) atoms. The zero-order chi connectivity index (χ0) is 12.6. The molecule has 1 rings (SSSR count). The monoisotopic (exact) mass is 228 g/mol.